The standard InChI is InChI=1S/C40H22N2OS/c1-2-9-23(10-3-1)24-11-6-12-25(21-24)37-39-38(30-13-4-5-16-32(30)43-39)42-40(41-37)26-19-20-27-28-14-7-17-33-35(28)36-29(31(27)22-26)15-8-18-34(36)44-33/h1-22H. The molecule has 0 bridgehead atoms. The molecule has 0 saturated heterocycles. The van der Waals surface area contributed by atoms with Crippen molar-refractivity contribution in [1.29, 1.82) is 0 Å². The van der Waals surface area contributed by atoms with E-state index in [9.17, 15) is 0 Å². The van der Waals surface area contributed by atoms with Gasteiger partial charge in [-0.1, -0.05) is 97.1 Å². The Labute approximate surface area is 256 Å². The summed E-state index contributed by atoms with van der Waals surface area (Å²) in [4.78, 5) is 10.4. The zero-order chi connectivity index (χ0) is 28.8. The topological polar surface area (TPSA) is 38.9 Å². The maximum absolute atomic E-state index is 6.44. The van der Waals surface area contributed by atoms with Gasteiger partial charge in [0, 0.05) is 36.7 Å². The molecule has 0 aliphatic carbocycles. The fourth-order valence-electron chi connectivity index (χ4n) is 6.85. The van der Waals surface area contributed by atoms with E-state index >= 15 is 0 Å². The minimum absolute atomic E-state index is 0.688. The summed E-state index contributed by atoms with van der Waals surface area (Å²) < 4.78 is 9.10. The molecule has 0 fully saturated rings. The van der Waals surface area contributed by atoms with E-state index < -0.39 is 0 Å². The van der Waals surface area contributed by atoms with Crippen LogP contribution in [0.1, 0.15) is 0 Å². The van der Waals surface area contributed by atoms with E-state index in [1.54, 1.807) is 0 Å². The van der Waals surface area contributed by atoms with Crippen LogP contribution in [0.4, 0.5) is 0 Å². The van der Waals surface area contributed by atoms with Gasteiger partial charge in [-0.05, 0) is 69.1 Å². The van der Waals surface area contributed by atoms with Gasteiger partial charge in [-0.2, -0.15) is 0 Å². The van der Waals surface area contributed by atoms with Crippen molar-refractivity contribution in [3.8, 4) is 33.8 Å². The highest BCUT2D eigenvalue weighted by molar-refractivity contribution is 7.26. The van der Waals surface area contributed by atoms with Crippen molar-refractivity contribution >= 4 is 75.1 Å². The SMILES string of the molecule is c1ccc(-c2cccc(-c3nc(-c4ccc5c(c4)c4cccc6sc7cccc5c7c64)nc4c3oc3ccccc34)c2)cc1. The fraction of sp³-hybridized carbons (Fsp3) is 0. The molecule has 0 aliphatic heterocycles. The van der Waals surface area contributed by atoms with E-state index in [4.69, 9.17) is 14.4 Å². The van der Waals surface area contributed by atoms with Crippen LogP contribution in [0.15, 0.2) is 138 Å². The number of hydrogen-bond acceptors (Lipinski definition) is 4. The molecular formula is C40H22N2OS. The van der Waals surface area contributed by atoms with Gasteiger partial charge in [0.05, 0.1) is 0 Å². The van der Waals surface area contributed by atoms with Gasteiger partial charge in [0.2, 0.25) is 0 Å². The summed E-state index contributed by atoms with van der Waals surface area (Å²) in [6.45, 7) is 0. The van der Waals surface area contributed by atoms with Crippen molar-refractivity contribution in [2.45, 2.75) is 0 Å². The van der Waals surface area contributed by atoms with Crippen LogP contribution < -0.4 is 0 Å². The number of furan rings is 1. The number of hydrogen-bond donors (Lipinski definition) is 0. The summed E-state index contributed by atoms with van der Waals surface area (Å²) in [5, 5.41) is 8.75. The Morgan fingerprint density at radius 1 is 0.455 bits per heavy atom. The number of fused-ring (bicyclic) bond motifs is 6. The average molecular weight is 579 g/mol. The molecule has 0 saturated carbocycles. The zero-order valence-electron chi connectivity index (χ0n) is 23.4. The predicted molar refractivity (Wildman–Crippen MR) is 185 cm³/mol. The Kier molecular flexibility index (Phi) is 4.87. The zero-order valence-corrected chi connectivity index (χ0v) is 24.2. The average Bonchev–Trinajstić information content (AvgIpc) is 3.67. The third-order valence-electron chi connectivity index (χ3n) is 8.84. The summed E-state index contributed by atoms with van der Waals surface area (Å²) in [7, 11) is 0. The summed E-state index contributed by atoms with van der Waals surface area (Å²) in [5.74, 6) is 0.688. The van der Waals surface area contributed by atoms with E-state index in [1.807, 2.05) is 35.6 Å². The molecule has 3 aromatic heterocycles. The van der Waals surface area contributed by atoms with Crippen molar-refractivity contribution in [2.75, 3.05) is 0 Å². The Balaban J connectivity index is 1.26. The quantitative estimate of drug-likeness (QED) is 0.196. The van der Waals surface area contributed by atoms with Crippen LogP contribution >= 0.6 is 11.3 Å². The first kappa shape index (κ1) is 23.9. The van der Waals surface area contributed by atoms with Crippen LogP contribution in [0.3, 0.4) is 0 Å². The molecule has 10 aromatic rings. The Morgan fingerprint density at radius 3 is 1.98 bits per heavy atom. The molecule has 0 radical (unpaired) electrons. The molecule has 3 heterocycles. The molecule has 10 rings (SSSR count). The highest BCUT2D eigenvalue weighted by atomic mass is 32.1. The van der Waals surface area contributed by atoms with Crippen LogP contribution in [0, 0.1) is 0 Å². The second kappa shape index (κ2) is 8.96. The predicted octanol–water partition coefficient (Wildman–Crippen LogP) is 11.5. The maximum Gasteiger partial charge on any atom is 0.180 e. The molecule has 204 valence electrons. The highest BCUT2D eigenvalue weighted by Crippen LogP contribution is 2.45. The van der Waals surface area contributed by atoms with Crippen molar-refractivity contribution in [2.24, 2.45) is 0 Å². The number of rotatable bonds is 3. The number of para-hydroxylation sites is 1. The molecule has 0 spiro atoms. The van der Waals surface area contributed by atoms with Crippen molar-refractivity contribution in [3.05, 3.63) is 133 Å². The number of nitrogens with zero attached hydrogens (tertiary/aromatic N) is 2. The number of benzene rings is 7. The fourth-order valence-corrected chi connectivity index (χ4v) is 8.01. The Bertz CT molecular complexity index is 2720. The molecular weight excluding hydrogens is 557 g/mol. The van der Waals surface area contributed by atoms with E-state index in [0.29, 0.717) is 11.4 Å². The molecule has 3 nitrogen and oxygen atoms in total. The Morgan fingerprint density at radius 2 is 1.14 bits per heavy atom. The van der Waals surface area contributed by atoms with Crippen LogP contribution in [-0.2, 0) is 0 Å². The van der Waals surface area contributed by atoms with E-state index in [-0.39, 0.29) is 0 Å². The Hall–Kier alpha value is -5.58. The van der Waals surface area contributed by atoms with Gasteiger partial charge in [0.25, 0.3) is 0 Å². The van der Waals surface area contributed by atoms with Crippen molar-refractivity contribution < 1.29 is 4.42 Å². The van der Waals surface area contributed by atoms with Crippen molar-refractivity contribution in [1.82, 2.24) is 9.97 Å². The van der Waals surface area contributed by atoms with Gasteiger partial charge < -0.3 is 4.42 Å². The third-order valence-corrected chi connectivity index (χ3v) is 9.96. The highest BCUT2D eigenvalue weighted by Gasteiger charge is 2.20. The summed E-state index contributed by atoms with van der Waals surface area (Å²) in [6, 6.07) is 47.1. The van der Waals surface area contributed by atoms with Gasteiger partial charge in [0.1, 0.15) is 16.8 Å². The minimum Gasteiger partial charge on any atom is -0.452 e. The molecule has 4 heteroatoms. The normalized spacial score (nSPS) is 12.1. The monoisotopic (exact) mass is 578 g/mol. The van der Waals surface area contributed by atoms with E-state index in [2.05, 4.69) is 109 Å². The van der Waals surface area contributed by atoms with Gasteiger partial charge in [-0.3, -0.25) is 0 Å². The smallest absolute Gasteiger partial charge is 0.180 e. The van der Waals surface area contributed by atoms with Gasteiger partial charge in [-0.25, -0.2) is 9.97 Å². The van der Waals surface area contributed by atoms with Crippen LogP contribution in [-0.4, -0.2) is 9.97 Å². The summed E-state index contributed by atoms with van der Waals surface area (Å²) >= 11 is 1.87. The van der Waals surface area contributed by atoms with Crippen LogP contribution in [0.5, 0.6) is 0 Å². The first-order valence-electron chi connectivity index (χ1n) is 14.7. The molecule has 0 atom stereocenters. The lowest BCUT2D eigenvalue weighted by atomic mass is 9.93. The van der Waals surface area contributed by atoms with Crippen LogP contribution in [0.25, 0.3) is 97.6 Å². The third kappa shape index (κ3) is 3.37. The molecule has 0 unspecified atom stereocenters. The number of aromatic nitrogens is 2. The molecule has 44 heavy (non-hydrogen) atoms. The lowest BCUT2D eigenvalue weighted by Gasteiger charge is -2.12. The van der Waals surface area contributed by atoms with Gasteiger partial charge >= 0.3 is 0 Å². The number of thiophene rings is 1. The molecule has 0 N–H and O–H groups in total. The molecule has 0 amide bonds. The maximum atomic E-state index is 6.44. The van der Waals surface area contributed by atoms with Crippen LogP contribution in [0.2, 0.25) is 0 Å². The summed E-state index contributed by atoms with van der Waals surface area (Å²) in [5.41, 5.74) is 7.42. The lowest BCUT2D eigenvalue weighted by molar-refractivity contribution is 0.667. The minimum atomic E-state index is 0.688. The largest absolute Gasteiger partial charge is 0.452 e. The second-order valence-corrected chi connectivity index (χ2v) is 12.4. The lowest BCUT2D eigenvalue weighted by Crippen LogP contribution is -1.94. The van der Waals surface area contributed by atoms with E-state index in [1.165, 1.54) is 41.7 Å². The first-order chi connectivity index (χ1) is 21.8. The van der Waals surface area contributed by atoms with Crippen molar-refractivity contribution in [3.63, 3.8) is 0 Å². The summed E-state index contributed by atoms with van der Waals surface area (Å²) in [6.07, 6.45) is 0. The van der Waals surface area contributed by atoms with E-state index in [0.717, 1.165) is 44.4 Å². The first-order valence-corrected chi connectivity index (χ1v) is 15.6. The van der Waals surface area contributed by atoms with Gasteiger partial charge in [-0.15, -0.1) is 11.3 Å². The molecule has 7 aromatic carbocycles. The second-order valence-electron chi connectivity index (χ2n) is 11.3. The van der Waals surface area contributed by atoms with Gasteiger partial charge in [0.15, 0.2) is 11.4 Å². The molecule has 0 aliphatic rings.